The van der Waals surface area contributed by atoms with Crippen molar-refractivity contribution in [3.8, 4) is 11.8 Å². The van der Waals surface area contributed by atoms with Gasteiger partial charge < -0.3 is 10.2 Å². The van der Waals surface area contributed by atoms with E-state index in [1.807, 2.05) is 12.1 Å². The number of rotatable bonds is 3. The molecule has 1 saturated heterocycles. The summed E-state index contributed by atoms with van der Waals surface area (Å²) in [6, 6.07) is 14.2. The van der Waals surface area contributed by atoms with Crippen molar-refractivity contribution in [1.82, 2.24) is 4.72 Å². The van der Waals surface area contributed by atoms with Gasteiger partial charge in [0.2, 0.25) is 0 Å². The Labute approximate surface area is 141 Å². The Hall–Kier alpha value is -2.28. The van der Waals surface area contributed by atoms with Gasteiger partial charge in [0.1, 0.15) is 17.7 Å². The number of phenols is 1. The van der Waals surface area contributed by atoms with E-state index < -0.39 is 17.2 Å². The van der Waals surface area contributed by atoms with Crippen molar-refractivity contribution in [2.24, 2.45) is 0 Å². The second-order valence-corrected chi connectivity index (χ2v) is 7.20. The first-order valence-electron chi connectivity index (χ1n) is 7.22. The van der Waals surface area contributed by atoms with E-state index >= 15 is 0 Å². The van der Waals surface area contributed by atoms with E-state index in [1.54, 1.807) is 24.3 Å². The monoisotopic (exact) mass is 347 g/mol. The summed E-state index contributed by atoms with van der Waals surface area (Å²) in [6.45, 7) is -0.0491. The third-order valence-electron chi connectivity index (χ3n) is 3.78. The van der Waals surface area contributed by atoms with Crippen LogP contribution in [0, 0.1) is 11.3 Å². The lowest BCUT2D eigenvalue weighted by atomic mass is 10.00. The largest absolute Gasteiger partial charge is 0.506 e. The first kappa shape index (κ1) is 16.6. The molecule has 5 N–H and O–H groups in total. The van der Waals surface area contributed by atoms with Crippen molar-refractivity contribution in [3.05, 3.63) is 59.2 Å². The van der Waals surface area contributed by atoms with Gasteiger partial charge in [-0.15, -0.1) is 0 Å². The molecule has 1 unspecified atom stereocenters. The Balaban J connectivity index is 1.87. The molecule has 7 nitrogen and oxygen atoms in total. The number of hydrogen-bond donors (Lipinski definition) is 5. The second-order valence-electron chi connectivity index (χ2n) is 5.48. The van der Waals surface area contributed by atoms with E-state index in [0.717, 1.165) is 15.4 Å². The van der Waals surface area contributed by atoms with Crippen LogP contribution in [0.2, 0.25) is 0 Å². The number of nitrogens with zero attached hydrogens (tertiary/aromatic N) is 2. The average molecular weight is 347 g/mol. The molecule has 0 aliphatic carbocycles. The zero-order chi connectivity index (χ0) is 17.3. The quantitative estimate of drug-likeness (QED) is 0.577. The molecule has 0 aromatic heterocycles. The van der Waals surface area contributed by atoms with Gasteiger partial charge in [0.05, 0.1) is 18.2 Å². The summed E-state index contributed by atoms with van der Waals surface area (Å²) in [5.74, 6) is -0.127. The van der Waals surface area contributed by atoms with Gasteiger partial charge in [0, 0.05) is 0 Å². The topological polar surface area (TPSA) is 120 Å². The van der Waals surface area contributed by atoms with Crippen LogP contribution in [0.5, 0.6) is 5.75 Å². The maximum atomic E-state index is 10.2. The van der Waals surface area contributed by atoms with Gasteiger partial charge in [0.25, 0.3) is 0 Å². The number of aromatic hydroxyl groups is 1. The molecule has 126 valence electrons. The molecule has 24 heavy (non-hydrogen) atoms. The number of aliphatic hydroxyl groups excluding tert-OH is 1. The Morgan fingerprint density at radius 3 is 2.62 bits per heavy atom. The van der Waals surface area contributed by atoms with Crippen LogP contribution in [-0.4, -0.2) is 32.1 Å². The summed E-state index contributed by atoms with van der Waals surface area (Å²) in [5, 5.41) is 28.9. The number of hydrogen-bond acceptors (Lipinski definition) is 7. The van der Waals surface area contributed by atoms with Crippen LogP contribution < -0.4 is 9.03 Å². The van der Waals surface area contributed by atoms with E-state index in [1.165, 1.54) is 6.07 Å². The van der Waals surface area contributed by atoms with Crippen LogP contribution in [0.4, 0.5) is 5.69 Å². The molecule has 0 bridgehead atoms. The molecule has 3 rings (SSSR count). The highest BCUT2D eigenvalue weighted by molar-refractivity contribution is 8.24. The van der Waals surface area contributed by atoms with Crippen molar-refractivity contribution in [2.45, 2.75) is 12.6 Å². The van der Waals surface area contributed by atoms with Crippen molar-refractivity contribution in [1.29, 1.82) is 5.26 Å². The van der Waals surface area contributed by atoms with Gasteiger partial charge in [0.15, 0.2) is 0 Å². The van der Waals surface area contributed by atoms with Crippen molar-refractivity contribution >= 4 is 16.6 Å². The van der Waals surface area contributed by atoms with Crippen molar-refractivity contribution in [2.75, 3.05) is 10.8 Å². The highest BCUT2D eigenvalue weighted by Gasteiger charge is 2.36. The lowest BCUT2D eigenvalue weighted by Crippen LogP contribution is -2.25. The number of phenolic OH excluding ortho intramolecular Hbond substituents is 1. The molecule has 0 spiro atoms. The molecule has 1 atom stereocenters. The molecule has 1 aliphatic heterocycles. The zero-order valence-corrected chi connectivity index (χ0v) is 13.4. The molecule has 1 heterocycles. The Bertz CT molecular complexity index is 806. The van der Waals surface area contributed by atoms with Crippen molar-refractivity contribution < 1.29 is 19.3 Å². The minimum Gasteiger partial charge on any atom is -0.506 e. The number of anilines is 1. The predicted octanol–water partition coefficient (Wildman–Crippen LogP) is 2.16. The van der Waals surface area contributed by atoms with Crippen LogP contribution >= 0.6 is 11.0 Å². The Kier molecular flexibility index (Phi) is 4.36. The SMILES string of the molecule is N#Cc1ccccc1Cc1ccc(N2CC(O)NS2(O)O)c(O)c1. The molecule has 1 fully saturated rings. The van der Waals surface area contributed by atoms with Crippen LogP contribution in [0.25, 0.3) is 0 Å². The average Bonchev–Trinajstić information content (AvgIpc) is 2.80. The van der Waals surface area contributed by atoms with Crippen LogP contribution in [-0.2, 0) is 6.42 Å². The first-order valence-corrected chi connectivity index (χ1v) is 8.72. The van der Waals surface area contributed by atoms with E-state index in [2.05, 4.69) is 10.8 Å². The van der Waals surface area contributed by atoms with Crippen LogP contribution in [0.15, 0.2) is 42.5 Å². The minimum absolute atomic E-state index is 0.0491. The molecule has 0 saturated carbocycles. The molecular weight excluding hydrogens is 330 g/mol. The fourth-order valence-electron chi connectivity index (χ4n) is 2.67. The molecular formula is C16H17N3O4S. The maximum absolute atomic E-state index is 10.2. The van der Waals surface area contributed by atoms with E-state index in [0.29, 0.717) is 12.0 Å². The lowest BCUT2D eigenvalue weighted by Gasteiger charge is -2.36. The van der Waals surface area contributed by atoms with Crippen LogP contribution in [0.1, 0.15) is 16.7 Å². The van der Waals surface area contributed by atoms with Gasteiger partial charge in [-0.1, -0.05) is 35.2 Å². The molecule has 2 aromatic carbocycles. The highest BCUT2D eigenvalue weighted by atomic mass is 32.3. The van der Waals surface area contributed by atoms with E-state index in [9.17, 15) is 19.3 Å². The van der Waals surface area contributed by atoms with Gasteiger partial charge in [-0.2, -0.15) is 9.98 Å². The zero-order valence-electron chi connectivity index (χ0n) is 12.6. The predicted molar refractivity (Wildman–Crippen MR) is 91.4 cm³/mol. The molecule has 2 aromatic rings. The number of benzene rings is 2. The third-order valence-corrected chi connectivity index (χ3v) is 5.33. The summed E-state index contributed by atoms with van der Waals surface area (Å²) in [7, 11) is -3.36. The fourth-order valence-corrected chi connectivity index (χ4v) is 4.02. The molecule has 1 aliphatic rings. The number of nitriles is 1. The van der Waals surface area contributed by atoms with Gasteiger partial charge in [-0.05, 0) is 35.7 Å². The van der Waals surface area contributed by atoms with Gasteiger partial charge in [-0.3, -0.25) is 13.4 Å². The maximum Gasteiger partial charge on any atom is 0.142 e. The van der Waals surface area contributed by atoms with E-state index in [-0.39, 0.29) is 18.0 Å². The number of nitrogens with one attached hydrogen (secondary N) is 1. The normalized spacial score (nSPS) is 20.6. The summed E-state index contributed by atoms with van der Waals surface area (Å²) >= 11 is 0. The summed E-state index contributed by atoms with van der Waals surface area (Å²) < 4.78 is 23.2. The number of β-amino-alcohol motifs (C(OH)–C–C–N with tert-alkyl or cyclic N) is 1. The van der Waals surface area contributed by atoms with Gasteiger partial charge >= 0.3 is 0 Å². The lowest BCUT2D eigenvalue weighted by molar-refractivity contribution is 0.182. The molecule has 8 heteroatoms. The van der Waals surface area contributed by atoms with Crippen LogP contribution in [0.3, 0.4) is 0 Å². The van der Waals surface area contributed by atoms with E-state index in [4.69, 9.17) is 5.26 Å². The minimum atomic E-state index is -3.36. The Morgan fingerprint density at radius 1 is 1.25 bits per heavy atom. The third kappa shape index (κ3) is 3.17. The number of aliphatic hydroxyl groups is 1. The molecule has 0 amide bonds. The summed E-state index contributed by atoms with van der Waals surface area (Å²) in [5.41, 5.74) is 2.41. The van der Waals surface area contributed by atoms with Crippen molar-refractivity contribution in [3.63, 3.8) is 0 Å². The highest BCUT2D eigenvalue weighted by Crippen LogP contribution is 2.49. The Morgan fingerprint density at radius 2 is 2.00 bits per heavy atom. The standard InChI is InChI=1S/C16H17N3O4S/c17-9-13-4-2-1-3-12(13)7-11-5-6-14(15(20)8-11)19-10-16(21)18-24(19,22)23/h1-6,8,16,18,20-23H,7,10H2. The summed E-state index contributed by atoms with van der Waals surface area (Å²) in [6.07, 6.45) is -0.620. The fraction of sp³-hybridized carbons (Fsp3) is 0.188. The van der Waals surface area contributed by atoms with Gasteiger partial charge in [-0.25, -0.2) is 0 Å². The smallest absolute Gasteiger partial charge is 0.142 e. The molecule has 0 radical (unpaired) electrons. The second kappa shape index (κ2) is 6.32. The first-order chi connectivity index (χ1) is 11.4. The summed E-state index contributed by atoms with van der Waals surface area (Å²) in [4.78, 5) is 0.